The van der Waals surface area contributed by atoms with E-state index >= 15 is 0 Å². The minimum atomic E-state index is -3.32. The van der Waals surface area contributed by atoms with E-state index in [0.29, 0.717) is 34.8 Å². The van der Waals surface area contributed by atoms with Crippen molar-refractivity contribution in [3.63, 3.8) is 0 Å². The molecule has 0 bridgehead atoms. The number of nitrogens with two attached hydrogens (primary N) is 1. The lowest BCUT2D eigenvalue weighted by atomic mass is 10.0. The van der Waals surface area contributed by atoms with E-state index in [1.54, 1.807) is 24.4 Å². The Kier molecular flexibility index (Phi) is 5.86. The Morgan fingerprint density at radius 2 is 1.91 bits per heavy atom. The van der Waals surface area contributed by atoms with Crippen molar-refractivity contribution in [2.24, 2.45) is 0 Å². The van der Waals surface area contributed by atoms with Gasteiger partial charge < -0.3 is 20.4 Å². The van der Waals surface area contributed by atoms with Gasteiger partial charge in [0.05, 0.1) is 21.5 Å². The number of hydrogen-bond donors (Lipinski definition) is 2. The van der Waals surface area contributed by atoms with Crippen LogP contribution in [0.2, 0.25) is 0 Å². The zero-order valence-corrected chi connectivity index (χ0v) is 19.0. The maximum absolute atomic E-state index is 11.9. The normalized spacial score (nSPS) is 11.9. The van der Waals surface area contributed by atoms with Gasteiger partial charge in [-0.25, -0.2) is 18.4 Å². The molecule has 0 atom stereocenters. The molecule has 3 N–H and O–H groups in total. The predicted molar refractivity (Wildman–Crippen MR) is 126 cm³/mol. The zero-order chi connectivity index (χ0) is 22.9. The van der Waals surface area contributed by atoms with Crippen LogP contribution < -0.4 is 10.5 Å². The second-order valence-corrected chi connectivity index (χ2v) is 9.89. The molecular weight excluding hydrogens is 426 g/mol. The van der Waals surface area contributed by atoms with Crippen LogP contribution >= 0.6 is 0 Å². The van der Waals surface area contributed by atoms with Crippen LogP contribution in [0.4, 0.5) is 5.82 Å². The molecule has 8 nitrogen and oxygen atoms in total. The number of nitrogens with zero attached hydrogens (tertiary/aromatic N) is 3. The van der Waals surface area contributed by atoms with Crippen molar-refractivity contribution in [1.29, 1.82) is 0 Å². The number of aromatic amines is 1. The van der Waals surface area contributed by atoms with Crippen LogP contribution in [0.15, 0.2) is 59.6 Å². The second kappa shape index (κ2) is 8.60. The van der Waals surface area contributed by atoms with Gasteiger partial charge >= 0.3 is 0 Å². The van der Waals surface area contributed by atoms with Crippen molar-refractivity contribution in [2.75, 3.05) is 39.2 Å². The van der Waals surface area contributed by atoms with Gasteiger partial charge in [-0.3, -0.25) is 0 Å². The molecule has 4 rings (SSSR count). The number of rotatable bonds is 7. The van der Waals surface area contributed by atoms with E-state index in [0.717, 1.165) is 23.4 Å². The minimum Gasteiger partial charge on any atom is -0.492 e. The lowest BCUT2D eigenvalue weighted by Crippen LogP contribution is -2.19. The molecule has 0 aliphatic heterocycles. The first-order valence-corrected chi connectivity index (χ1v) is 11.9. The fourth-order valence-electron chi connectivity index (χ4n) is 3.28. The summed E-state index contributed by atoms with van der Waals surface area (Å²) in [4.78, 5) is 14.4. The van der Waals surface area contributed by atoms with E-state index in [2.05, 4.69) is 19.9 Å². The van der Waals surface area contributed by atoms with Crippen molar-refractivity contribution in [1.82, 2.24) is 19.9 Å². The Hall–Kier alpha value is -3.43. The first-order valence-electron chi connectivity index (χ1n) is 10.0. The van der Waals surface area contributed by atoms with Crippen molar-refractivity contribution >= 4 is 26.7 Å². The summed E-state index contributed by atoms with van der Waals surface area (Å²) in [5, 5.41) is 0. The lowest BCUT2D eigenvalue weighted by molar-refractivity contribution is 0.261. The first-order chi connectivity index (χ1) is 15.2. The highest BCUT2D eigenvalue weighted by molar-refractivity contribution is 7.90. The number of pyridine rings is 1. The number of aromatic nitrogens is 3. The largest absolute Gasteiger partial charge is 0.492 e. The van der Waals surface area contributed by atoms with Gasteiger partial charge in [0.2, 0.25) is 0 Å². The van der Waals surface area contributed by atoms with E-state index in [1.165, 1.54) is 6.26 Å². The van der Waals surface area contributed by atoms with Crippen molar-refractivity contribution in [2.45, 2.75) is 4.90 Å². The zero-order valence-electron chi connectivity index (χ0n) is 18.2. The summed E-state index contributed by atoms with van der Waals surface area (Å²) < 4.78 is 29.6. The summed E-state index contributed by atoms with van der Waals surface area (Å²) >= 11 is 0. The molecule has 2 aromatic carbocycles. The molecule has 0 saturated heterocycles. The van der Waals surface area contributed by atoms with Gasteiger partial charge in [-0.05, 0) is 56.1 Å². The number of benzene rings is 2. The van der Waals surface area contributed by atoms with Gasteiger partial charge in [0, 0.05) is 24.6 Å². The summed E-state index contributed by atoms with van der Waals surface area (Å²) in [5.41, 5.74) is 9.85. The van der Waals surface area contributed by atoms with Crippen LogP contribution in [0.1, 0.15) is 0 Å². The van der Waals surface area contributed by atoms with Crippen LogP contribution in [0.3, 0.4) is 0 Å². The van der Waals surface area contributed by atoms with Crippen molar-refractivity contribution in [3.8, 4) is 28.3 Å². The van der Waals surface area contributed by atoms with Crippen LogP contribution in [0, 0.1) is 0 Å². The van der Waals surface area contributed by atoms with E-state index in [9.17, 15) is 8.42 Å². The summed E-state index contributed by atoms with van der Waals surface area (Å²) in [6.07, 6.45) is 2.89. The average Bonchev–Trinajstić information content (AvgIpc) is 3.16. The number of hydrogen-bond acceptors (Lipinski definition) is 7. The summed E-state index contributed by atoms with van der Waals surface area (Å²) in [5.74, 6) is 1.63. The first kappa shape index (κ1) is 21.8. The second-order valence-electron chi connectivity index (χ2n) is 7.87. The number of anilines is 1. The Morgan fingerprint density at radius 1 is 1.09 bits per heavy atom. The fourth-order valence-corrected chi connectivity index (χ4v) is 3.93. The summed E-state index contributed by atoms with van der Waals surface area (Å²) in [6.45, 7) is 1.42. The van der Waals surface area contributed by atoms with Gasteiger partial charge in [0.25, 0.3) is 0 Å². The number of sulfone groups is 1. The molecule has 0 unspecified atom stereocenters. The van der Waals surface area contributed by atoms with Crippen LogP contribution in [0.25, 0.3) is 33.5 Å². The molecule has 0 amide bonds. The van der Waals surface area contributed by atoms with Crippen molar-refractivity contribution in [3.05, 3.63) is 54.7 Å². The maximum atomic E-state index is 11.9. The maximum Gasteiger partial charge on any atom is 0.175 e. The Morgan fingerprint density at radius 3 is 2.66 bits per heavy atom. The molecular formula is C23H25N5O3S. The number of fused-ring (bicyclic) bond motifs is 1. The van der Waals surface area contributed by atoms with Gasteiger partial charge in [-0.1, -0.05) is 12.1 Å². The molecule has 32 heavy (non-hydrogen) atoms. The molecule has 166 valence electrons. The Labute approximate surface area is 187 Å². The Balaban J connectivity index is 1.68. The number of imidazole rings is 1. The predicted octanol–water partition coefficient (Wildman–Crippen LogP) is 3.22. The molecule has 0 aliphatic carbocycles. The highest BCUT2D eigenvalue weighted by atomic mass is 32.2. The SMILES string of the molecule is CN(C)CCOc1cccc(-c2cnc(N)c(-c3nc4ccc(S(C)(=O)=O)cc4[nH]3)c2)c1. The monoisotopic (exact) mass is 451 g/mol. The molecule has 2 aromatic heterocycles. The fraction of sp³-hybridized carbons (Fsp3) is 0.217. The van der Waals surface area contributed by atoms with Crippen molar-refractivity contribution < 1.29 is 13.2 Å². The molecule has 9 heteroatoms. The molecule has 0 saturated carbocycles. The van der Waals surface area contributed by atoms with Gasteiger partial charge in [-0.2, -0.15) is 0 Å². The third kappa shape index (κ3) is 4.74. The van der Waals surface area contributed by atoms with E-state index in [1.807, 2.05) is 44.4 Å². The van der Waals surface area contributed by atoms with E-state index in [4.69, 9.17) is 10.5 Å². The standard InChI is InChI=1S/C23H25N5O3S/c1-28(2)9-10-31-17-6-4-5-15(11-17)16-12-19(22(24)25-14-16)23-26-20-8-7-18(32(3,29)30)13-21(20)27-23/h4-8,11-14H,9-10H2,1-3H3,(H2,24,25)(H,26,27). The molecule has 0 aliphatic rings. The number of H-pyrrole nitrogens is 1. The molecule has 0 fully saturated rings. The highest BCUT2D eigenvalue weighted by Crippen LogP contribution is 2.31. The third-order valence-electron chi connectivity index (χ3n) is 5.03. The topological polar surface area (TPSA) is 114 Å². The smallest absolute Gasteiger partial charge is 0.175 e. The molecule has 2 heterocycles. The number of nitrogens with one attached hydrogen (secondary N) is 1. The third-order valence-corrected chi connectivity index (χ3v) is 6.14. The molecule has 0 radical (unpaired) electrons. The number of nitrogen functional groups attached to an aromatic ring is 1. The number of likely N-dealkylation sites (N-methyl/N-ethyl adjacent to an activating group) is 1. The van der Waals surface area contributed by atoms with Gasteiger partial charge in [0.15, 0.2) is 9.84 Å². The quantitative estimate of drug-likeness (QED) is 0.443. The van der Waals surface area contributed by atoms with Crippen LogP contribution in [-0.4, -0.2) is 61.8 Å². The Bertz CT molecular complexity index is 1380. The number of ether oxygens (including phenoxy) is 1. The highest BCUT2D eigenvalue weighted by Gasteiger charge is 2.14. The summed E-state index contributed by atoms with van der Waals surface area (Å²) in [6, 6.07) is 14.5. The lowest BCUT2D eigenvalue weighted by Gasteiger charge is -2.12. The van der Waals surface area contributed by atoms with E-state index < -0.39 is 9.84 Å². The van der Waals surface area contributed by atoms with Gasteiger partial charge in [0.1, 0.15) is 24.0 Å². The van der Waals surface area contributed by atoms with Crippen LogP contribution in [0.5, 0.6) is 5.75 Å². The molecule has 0 spiro atoms. The van der Waals surface area contributed by atoms with Crippen LogP contribution in [-0.2, 0) is 9.84 Å². The molecule has 4 aromatic rings. The van der Waals surface area contributed by atoms with Gasteiger partial charge in [-0.15, -0.1) is 0 Å². The van der Waals surface area contributed by atoms with E-state index in [-0.39, 0.29) is 4.90 Å². The summed E-state index contributed by atoms with van der Waals surface area (Å²) in [7, 11) is 0.687. The average molecular weight is 452 g/mol. The minimum absolute atomic E-state index is 0.228.